The smallest absolute Gasteiger partial charge is 0.326 e. The molecule has 90 heavy (non-hydrogen) atoms. The van der Waals surface area contributed by atoms with Gasteiger partial charge in [0.2, 0.25) is 53.2 Å². The van der Waals surface area contributed by atoms with E-state index in [0.29, 0.717) is 37.7 Å². The molecule has 9 amide bonds. The van der Waals surface area contributed by atoms with E-state index in [1.807, 2.05) is 6.92 Å². The summed E-state index contributed by atoms with van der Waals surface area (Å²) in [6.45, 7) is 1.05. The van der Waals surface area contributed by atoms with E-state index in [1.54, 1.807) is 16.8 Å². The van der Waals surface area contributed by atoms with Crippen LogP contribution in [0.25, 0.3) is 0 Å². The summed E-state index contributed by atoms with van der Waals surface area (Å²) >= 11 is 1.32. The molecular formula is C57H93N19O13S. The van der Waals surface area contributed by atoms with E-state index in [9.17, 15) is 58.5 Å². The molecule has 0 radical (unpaired) electrons. The number of hydrogen-bond acceptors (Lipinski definition) is 17. The molecule has 4 aliphatic heterocycles. The maximum absolute atomic E-state index is 15.1. The Morgan fingerprint density at radius 3 is 1.90 bits per heavy atom. The van der Waals surface area contributed by atoms with Crippen LogP contribution in [0.4, 0.5) is 0 Å². The van der Waals surface area contributed by atoms with Crippen LogP contribution in [0.5, 0.6) is 0 Å². The maximum Gasteiger partial charge on any atom is 0.326 e. The molecule has 0 aromatic carbocycles. The summed E-state index contributed by atoms with van der Waals surface area (Å²) in [6, 6.07) is -9.68. The number of carboxylic acid groups (broad SMARTS) is 1. The standard InChI is InChI=1S/C57H93N19O13S/c1-2-9-31-25-43(53(87)75-39-14-4-3-10-33(39)26-42(75)49(83)71-36(54(88)89)13-7-21-67-57(63)64)74(28-31)51(85)38(29-77)72-47(81)37(24-32-18-23-90-30-32)69-44(78)27-68-48(82)40-16-17-45(79)76(40)52(86)41-15-8-22-73(41)50(84)35(12-6-20-66-56(61)62)70-46(80)34(58)11-5-19-65-55(59)60/h18,23,30-31,33-43,45,77,79H,2-17,19-22,24-29,58H2,1H3,(H,68,82)(H,69,78)(H,70,80)(H,71,83)(H,72,81)(H,88,89)(H4,59,60,65)(H4,61,62,66)(H4,63,64,67)/t31?,33?,34-,35+,36+,37+,38+,39?,40+,41+,42+,43-,45+/m1/s1. The van der Waals surface area contributed by atoms with Gasteiger partial charge < -0.3 is 102 Å². The van der Waals surface area contributed by atoms with Gasteiger partial charge in [-0.05, 0) is 131 Å². The van der Waals surface area contributed by atoms with E-state index < -0.39 is 133 Å². The lowest BCUT2D eigenvalue weighted by atomic mass is 9.84. The third kappa shape index (κ3) is 19.5. The van der Waals surface area contributed by atoms with Gasteiger partial charge in [0.1, 0.15) is 54.6 Å². The summed E-state index contributed by atoms with van der Waals surface area (Å²) in [6.07, 6.45) is 5.01. The van der Waals surface area contributed by atoms with Gasteiger partial charge in [-0.25, -0.2) is 4.79 Å². The zero-order chi connectivity index (χ0) is 65.8. The minimum atomic E-state index is -1.61. The first kappa shape index (κ1) is 71.2. The number of nitrogens with one attached hydrogen (secondary N) is 5. The van der Waals surface area contributed by atoms with E-state index in [-0.39, 0.29) is 133 Å². The summed E-state index contributed by atoms with van der Waals surface area (Å²) in [5.41, 5.74) is 39.4. The molecule has 500 valence electrons. The lowest BCUT2D eigenvalue weighted by molar-refractivity contribution is -0.154. The number of guanidine groups is 3. The lowest BCUT2D eigenvalue weighted by Gasteiger charge is -2.37. The summed E-state index contributed by atoms with van der Waals surface area (Å²) in [5, 5.41) is 48.7. The Kier molecular flexibility index (Phi) is 27.1. The van der Waals surface area contributed by atoms with Crippen LogP contribution in [-0.2, 0) is 54.4 Å². The number of thiophene rings is 1. The Balaban J connectivity index is 1.12. The molecule has 0 bridgehead atoms. The fourth-order valence-electron chi connectivity index (χ4n) is 13.0. The van der Waals surface area contributed by atoms with Crippen LogP contribution in [-0.4, -0.2) is 224 Å². The minimum absolute atomic E-state index is 0.0140. The highest BCUT2D eigenvalue weighted by Gasteiger charge is 2.53. The number of fused-ring (bicyclic) bond motifs is 1. The SMILES string of the molecule is CCCC1C[C@H](C(=O)N2C3CCCCC3C[C@H]2C(=O)N[C@@H](CCCN=C(N)N)C(=O)O)N(C(=O)[C@H](CO)NC(=O)[C@H](Cc2ccsc2)NC(=O)CNC(=O)[C@@H]2CC[C@H](O)N2C(=O)[C@@H]2CCCN2C(=O)[C@H](CCCN=C(N)N)NC(=O)[C@H](N)CCCN=C(N)N)C1. The average molecular weight is 1280 g/mol. The van der Waals surface area contributed by atoms with Crippen molar-refractivity contribution in [2.75, 3.05) is 45.9 Å². The number of hydrogen-bond donors (Lipinski definition) is 15. The predicted octanol–water partition coefficient (Wildman–Crippen LogP) is -4.61. The highest BCUT2D eigenvalue weighted by atomic mass is 32.1. The Morgan fingerprint density at radius 2 is 1.28 bits per heavy atom. The molecule has 3 unspecified atom stereocenters. The van der Waals surface area contributed by atoms with Gasteiger partial charge in [-0.3, -0.25) is 58.1 Å². The molecule has 4 saturated heterocycles. The summed E-state index contributed by atoms with van der Waals surface area (Å²) in [5.74, 6) is -8.35. The number of carbonyl (C=O) groups is 10. The first-order valence-electron chi connectivity index (χ1n) is 31.1. The van der Waals surface area contributed by atoms with E-state index in [2.05, 4.69) is 41.6 Å². The quantitative estimate of drug-likeness (QED) is 0.0183. The number of carbonyl (C=O) groups excluding carboxylic acids is 9. The molecule has 32 nitrogen and oxygen atoms in total. The number of nitrogens with zero attached hydrogens (tertiary/aromatic N) is 7. The Morgan fingerprint density at radius 1 is 0.656 bits per heavy atom. The van der Waals surface area contributed by atoms with Crippen LogP contribution in [0.15, 0.2) is 31.8 Å². The van der Waals surface area contributed by atoms with Gasteiger partial charge >= 0.3 is 5.97 Å². The zero-order valence-electron chi connectivity index (χ0n) is 51.1. The highest BCUT2D eigenvalue weighted by molar-refractivity contribution is 7.08. The van der Waals surface area contributed by atoms with Crippen LogP contribution >= 0.6 is 11.3 Å². The molecule has 1 aromatic heterocycles. The van der Waals surface area contributed by atoms with Crippen LogP contribution in [0.2, 0.25) is 0 Å². The Labute approximate surface area is 526 Å². The van der Waals surface area contributed by atoms with Gasteiger partial charge in [0, 0.05) is 45.2 Å². The first-order valence-corrected chi connectivity index (χ1v) is 32.1. The fourth-order valence-corrected chi connectivity index (χ4v) is 13.7. The second-order valence-electron chi connectivity index (χ2n) is 23.8. The predicted molar refractivity (Wildman–Crippen MR) is 331 cm³/mol. The van der Waals surface area contributed by atoms with Crippen molar-refractivity contribution in [2.24, 2.45) is 66.9 Å². The zero-order valence-corrected chi connectivity index (χ0v) is 51.9. The van der Waals surface area contributed by atoms with Crippen LogP contribution in [0, 0.1) is 11.8 Å². The average Bonchev–Trinajstić information content (AvgIpc) is 1.62. The third-order valence-corrected chi connectivity index (χ3v) is 18.1. The molecule has 22 N–H and O–H groups in total. The fraction of sp³-hybridized carbons (Fsp3) is 0.702. The van der Waals surface area contributed by atoms with Crippen molar-refractivity contribution >= 4 is 88.3 Å². The first-order chi connectivity index (χ1) is 42.9. The molecule has 0 spiro atoms. The van der Waals surface area contributed by atoms with Crippen molar-refractivity contribution in [3.05, 3.63) is 22.4 Å². The number of nitrogens with two attached hydrogens (primary N) is 7. The topological polar surface area (TPSA) is 524 Å². The van der Waals surface area contributed by atoms with Crippen LogP contribution in [0.3, 0.4) is 0 Å². The molecule has 5 fully saturated rings. The van der Waals surface area contributed by atoms with Crippen molar-refractivity contribution in [3.63, 3.8) is 0 Å². The van der Waals surface area contributed by atoms with E-state index >= 15 is 4.79 Å². The highest BCUT2D eigenvalue weighted by Crippen LogP contribution is 2.42. The largest absolute Gasteiger partial charge is 0.480 e. The second kappa shape index (κ2) is 34.3. The molecule has 1 aliphatic carbocycles. The number of amides is 9. The number of rotatable bonds is 32. The van der Waals surface area contributed by atoms with Gasteiger partial charge in [-0.1, -0.05) is 26.2 Å². The van der Waals surface area contributed by atoms with E-state index in [4.69, 9.17) is 40.1 Å². The number of aliphatic imine (C=N–C) groups is 3. The molecule has 13 atom stereocenters. The number of aliphatic hydroxyl groups excluding tert-OH is 2. The van der Waals surface area contributed by atoms with Crippen molar-refractivity contribution in [1.29, 1.82) is 0 Å². The Hall–Kier alpha value is -7.91. The number of aliphatic carboxylic acids is 1. The van der Waals surface area contributed by atoms with Gasteiger partial charge in [-0.15, -0.1) is 0 Å². The second-order valence-corrected chi connectivity index (χ2v) is 24.6. The molecule has 33 heteroatoms. The van der Waals surface area contributed by atoms with E-state index in [1.165, 1.54) is 26.0 Å². The summed E-state index contributed by atoms with van der Waals surface area (Å²) < 4.78 is 0. The molecule has 6 rings (SSSR count). The van der Waals surface area contributed by atoms with Crippen molar-refractivity contribution in [1.82, 2.24) is 46.2 Å². The monoisotopic (exact) mass is 1280 g/mol. The summed E-state index contributed by atoms with van der Waals surface area (Å²) in [7, 11) is 0. The Bertz CT molecular complexity index is 2760. The van der Waals surface area contributed by atoms with E-state index in [0.717, 1.165) is 30.6 Å². The van der Waals surface area contributed by atoms with Gasteiger partial charge in [-0.2, -0.15) is 11.3 Å². The van der Waals surface area contributed by atoms with Gasteiger partial charge in [0.05, 0.1) is 19.2 Å². The lowest BCUT2D eigenvalue weighted by Crippen LogP contribution is -2.60. The third-order valence-electron chi connectivity index (χ3n) is 17.3. The number of likely N-dealkylation sites (tertiary alicyclic amines) is 4. The normalized spacial score (nSPS) is 23.6. The molecular weight excluding hydrogens is 1190 g/mol. The van der Waals surface area contributed by atoms with Crippen molar-refractivity contribution in [3.8, 4) is 0 Å². The van der Waals surface area contributed by atoms with Gasteiger partial charge in [0.15, 0.2) is 17.9 Å². The van der Waals surface area contributed by atoms with Crippen molar-refractivity contribution in [2.45, 2.75) is 196 Å². The molecule has 1 saturated carbocycles. The minimum Gasteiger partial charge on any atom is -0.480 e. The number of carboxylic acids is 1. The van der Waals surface area contributed by atoms with Crippen molar-refractivity contribution < 1.29 is 63.3 Å². The van der Waals surface area contributed by atoms with Gasteiger partial charge in [0.25, 0.3) is 0 Å². The molecule has 1 aromatic rings. The summed E-state index contributed by atoms with van der Waals surface area (Å²) in [4.78, 5) is 158. The molecule has 5 heterocycles. The number of aliphatic hydroxyl groups is 2. The maximum atomic E-state index is 15.1. The molecule has 5 aliphatic rings. The van der Waals surface area contributed by atoms with Crippen LogP contribution in [0.1, 0.15) is 128 Å². The van der Waals surface area contributed by atoms with Crippen LogP contribution < -0.4 is 66.7 Å².